The van der Waals surface area contributed by atoms with Gasteiger partial charge in [-0.05, 0) is 35.8 Å². The molecule has 0 bridgehead atoms. The summed E-state index contributed by atoms with van der Waals surface area (Å²) in [7, 11) is 0. The predicted molar refractivity (Wildman–Crippen MR) is 85.1 cm³/mol. The molecule has 1 unspecified atom stereocenters. The lowest BCUT2D eigenvalue weighted by atomic mass is 10.2. The summed E-state index contributed by atoms with van der Waals surface area (Å²) in [6, 6.07) is 10.4. The van der Waals surface area contributed by atoms with Crippen LogP contribution >= 0.6 is 11.8 Å². The molecule has 1 aromatic heterocycles. The van der Waals surface area contributed by atoms with Crippen LogP contribution in [0.5, 0.6) is 0 Å². The highest BCUT2D eigenvalue weighted by atomic mass is 32.2. The second-order valence-corrected chi connectivity index (χ2v) is 6.76. The summed E-state index contributed by atoms with van der Waals surface area (Å²) in [6.07, 6.45) is 2.30. The van der Waals surface area contributed by atoms with Gasteiger partial charge < -0.3 is 5.32 Å². The van der Waals surface area contributed by atoms with Crippen LogP contribution in [0.2, 0.25) is 0 Å². The molecule has 2 aromatic rings. The van der Waals surface area contributed by atoms with Crippen molar-refractivity contribution in [2.45, 2.75) is 43.4 Å². The molecule has 116 valence electrons. The second-order valence-electron chi connectivity index (χ2n) is 5.43. The summed E-state index contributed by atoms with van der Waals surface area (Å²) >= 11 is 1.56. The number of rotatable bonds is 7. The van der Waals surface area contributed by atoms with Gasteiger partial charge in [0.15, 0.2) is 5.82 Å². The van der Waals surface area contributed by atoms with Crippen LogP contribution in [0.15, 0.2) is 30.3 Å². The van der Waals surface area contributed by atoms with Gasteiger partial charge in [0, 0.05) is 6.54 Å². The highest BCUT2D eigenvalue weighted by Crippen LogP contribution is 2.35. The number of aromatic nitrogens is 4. The van der Waals surface area contributed by atoms with E-state index in [1.165, 1.54) is 0 Å². The summed E-state index contributed by atoms with van der Waals surface area (Å²) in [5.41, 5.74) is 1.10. The molecule has 1 N–H and O–H groups in total. The van der Waals surface area contributed by atoms with Gasteiger partial charge in [0.05, 0.1) is 17.0 Å². The Hall–Kier alpha value is -1.89. The number of nitrogens with zero attached hydrogens (tertiary/aromatic N) is 4. The molecule has 1 amide bonds. The van der Waals surface area contributed by atoms with Gasteiger partial charge in [-0.15, -0.1) is 16.9 Å². The van der Waals surface area contributed by atoms with Gasteiger partial charge in [0.25, 0.3) is 0 Å². The number of hydrogen-bond donors (Lipinski definition) is 1. The van der Waals surface area contributed by atoms with Gasteiger partial charge in [-0.2, -0.15) is 0 Å². The summed E-state index contributed by atoms with van der Waals surface area (Å²) in [6.45, 7) is 2.47. The number of carbonyl (C=O) groups is 1. The Labute approximate surface area is 133 Å². The fraction of sp³-hybridized carbons (Fsp3) is 0.467. The van der Waals surface area contributed by atoms with Crippen LogP contribution in [-0.4, -0.2) is 31.4 Å². The lowest BCUT2D eigenvalue weighted by Crippen LogP contribution is -2.30. The van der Waals surface area contributed by atoms with Crippen molar-refractivity contribution in [1.82, 2.24) is 25.5 Å². The molecule has 1 atom stereocenters. The lowest BCUT2D eigenvalue weighted by molar-refractivity contribution is -0.120. The SMILES string of the molecule is CC(SCc1nnnn1C1CC1)C(=O)NCc1ccccc1. The van der Waals surface area contributed by atoms with E-state index in [9.17, 15) is 4.79 Å². The fourth-order valence-electron chi connectivity index (χ4n) is 2.11. The first-order chi connectivity index (χ1) is 10.7. The summed E-state index contributed by atoms with van der Waals surface area (Å²) in [5, 5.41) is 14.6. The monoisotopic (exact) mass is 317 g/mol. The Bertz CT molecular complexity index is 626. The van der Waals surface area contributed by atoms with Crippen molar-refractivity contribution in [1.29, 1.82) is 0 Å². The average molecular weight is 317 g/mol. The number of nitrogens with one attached hydrogen (secondary N) is 1. The Morgan fingerprint density at radius 1 is 1.41 bits per heavy atom. The number of carbonyl (C=O) groups excluding carboxylic acids is 1. The standard InChI is InChI=1S/C15H19N5OS/c1-11(15(21)16-9-12-5-3-2-4-6-12)22-10-14-17-18-19-20(14)13-7-8-13/h2-6,11,13H,7-10H2,1H3,(H,16,21). The number of thioether (sulfide) groups is 1. The van der Waals surface area contributed by atoms with E-state index in [4.69, 9.17) is 0 Å². The Kier molecular flexibility index (Phi) is 4.72. The zero-order valence-corrected chi connectivity index (χ0v) is 13.3. The highest BCUT2D eigenvalue weighted by molar-refractivity contribution is 7.99. The van der Waals surface area contributed by atoms with E-state index in [0.717, 1.165) is 24.2 Å². The minimum atomic E-state index is -0.131. The smallest absolute Gasteiger partial charge is 0.233 e. The molecule has 1 saturated carbocycles. The molecular formula is C15H19N5OS. The summed E-state index contributed by atoms with van der Waals surface area (Å²) < 4.78 is 1.89. The molecule has 3 rings (SSSR count). The third-order valence-corrected chi connectivity index (χ3v) is 4.73. The third-order valence-electron chi connectivity index (χ3n) is 3.59. The molecule has 6 nitrogen and oxygen atoms in total. The lowest BCUT2D eigenvalue weighted by Gasteiger charge is -2.12. The van der Waals surface area contributed by atoms with Crippen molar-refractivity contribution >= 4 is 17.7 Å². The Balaban J connectivity index is 1.45. The van der Waals surface area contributed by atoms with E-state index in [2.05, 4.69) is 20.8 Å². The maximum atomic E-state index is 12.1. The molecule has 0 radical (unpaired) electrons. The molecule has 0 saturated heterocycles. The minimum Gasteiger partial charge on any atom is -0.351 e. The van der Waals surface area contributed by atoms with Gasteiger partial charge in [-0.3, -0.25) is 4.79 Å². The van der Waals surface area contributed by atoms with E-state index in [-0.39, 0.29) is 11.2 Å². The average Bonchev–Trinajstić information content (AvgIpc) is 3.29. The van der Waals surface area contributed by atoms with E-state index in [1.54, 1.807) is 11.8 Å². The fourth-order valence-corrected chi connectivity index (χ4v) is 2.94. The summed E-state index contributed by atoms with van der Waals surface area (Å²) in [4.78, 5) is 12.1. The van der Waals surface area contributed by atoms with Gasteiger partial charge in [-0.1, -0.05) is 30.3 Å². The number of amides is 1. The van der Waals surface area contributed by atoms with E-state index < -0.39 is 0 Å². The predicted octanol–water partition coefficient (Wildman–Crippen LogP) is 1.95. The molecule has 1 heterocycles. The number of tetrazole rings is 1. The van der Waals surface area contributed by atoms with Crippen LogP contribution in [0.25, 0.3) is 0 Å². The van der Waals surface area contributed by atoms with Crippen LogP contribution < -0.4 is 5.32 Å². The maximum Gasteiger partial charge on any atom is 0.233 e. The van der Waals surface area contributed by atoms with Gasteiger partial charge >= 0.3 is 0 Å². The summed E-state index contributed by atoms with van der Waals surface area (Å²) in [5.74, 6) is 1.55. The second kappa shape index (κ2) is 6.91. The molecule has 1 fully saturated rings. The molecule has 1 aromatic carbocycles. The Morgan fingerprint density at radius 3 is 2.91 bits per heavy atom. The van der Waals surface area contributed by atoms with Crippen LogP contribution in [0.3, 0.4) is 0 Å². The molecule has 22 heavy (non-hydrogen) atoms. The molecular weight excluding hydrogens is 298 g/mol. The maximum absolute atomic E-state index is 12.1. The topological polar surface area (TPSA) is 72.7 Å². The van der Waals surface area contributed by atoms with Gasteiger partial charge in [-0.25, -0.2) is 4.68 Å². The van der Waals surface area contributed by atoms with Crippen molar-refractivity contribution in [3.05, 3.63) is 41.7 Å². The van der Waals surface area contributed by atoms with Gasteiger partial charge in [0.1, 0.15) is 0 Å². The number of hydrogen-bond acceptors (Lipinski definition) is 5. The molecule has 0 spiro atoms. The van der Waals surface area contributed by atoms with Crippen molar-refractivity contribution in [3.8, 4) is 0 Å². The van der Waals surface area contributed by atoms with E-state index >= 15 is 0 Å². The number of benzene rings is 1. The van der Waals surface area contributed by atoms with E-state index in [1.807, 2.05) is 41.9 Å². The zero-order chi connectivity index (χ0) is 15.4. The van der Waals surface area contributed by atoms with Crippen molar-refractivity contribution in [2.75, 3.05) is 0 Å². The van der Waals surface area contributed by atoms with Crippen molar-refractivity contribution in [2.24, 2.45) is 0 Å². The minimum absolute atomic E-state index is 0.0410. The third kappa shape index (κ3) is 3.85. The molecule has 1 aliphatic rings. The van der Waals surface area contributed by atoms with Crippen LogP contribution in [-0.2, 0) is 17.1 Å². The zero-order valence-electron chi connectivity index (χ0n) is 12.5. The van der Waals surface area contributed by atoms with Crippen molar-refractivity contribution < 1.29 is 4.79 Å². The largest absolute Gasteiger partial charge is 0.351 e. The molecule has 0 aliphatic heterocycles. The van der Waals surface area contributed by atoms with Crippen LogP contribution in [0.1, 0.15) is 37.2 Å². The highest BCUT2D eigenvalue weighted by Gasteiger charge is 2.28. The molecule has 7 heteroatoms. The Morgan fingerprint density at radius 2 is 2.18 bits per heavy atom. The first-order valence-electron chi connectivity index (χ1n) is 7.44. The first kappa shape index (κ1) is 15.0. The van der Waals surface area contributed by atoms with E-state index in [0.29, 0.717) is 18.3 Å². The van der Waals surface area contributed by atoms with Gasteiger partial charge in [0.2, 0.25) is 5.91 Å². The normalized spacial score (nSPS) is 15.5. The molecule has 1 aliphatic carbocycles. The van der Waals surface area contributed by atoms with Crippen molar-refractivity contribution in [3.63, 3.8) is 0 Å². The van der Waals surface area contributed by atoms with Crippen LogP contribution in [0.4, 0.5) is 0 Å². The quantitative estimate of drug-likeness (QED) is 0.845. The first-order valence-corrected chi connectivity index (χ1v) is 8.49. The van der Waals surface area contributed by atoms with Crippen LogP contribution in [0, 0.1) is 0 Å².